The van der Waals surface area contributed by atoms with E-state index in [4.69, 9.17) is 9.15 Å². The van der Waals surface area contributed by atoms with E-state index >= 15 is 0 Å². The van der Waals surface area contributed by atoms with Crippen LogP contribution in [0.2, 0.25) is 0 Å². The number of carbonyl (C=O) groups is 1. The molecule has 0 radical (unpaired) electrons. The Bertz CT molecular complexity index is 1310. The van der Waals surface area contributed by atoms with Crippen LogP contribution < -0.4 is 10.1 Å². The Morgan fingerprint density at radius 3 is 2.50 bits per heavy atom. The average molecular weight is 449 g/mol. The smallest absolute Gasteiger partial charge is 0.292 e. The maximum absolute atomic E-state index is 12.6. The van der Waals surface area contributed by atoms with Crippen LogP contribution >= 0.6 is 0 Å². The molecule has 3 aromatic heterocycles. The Balaban J connectivity index is 1.44. The predicted molar refractivity (Wildman–Crippen MR) is 117 cm³/mol. The van der Waals surface area contributed by atoms with Gasteiger partial charge < -0.3 is 14.5 Å². The lowest BCUT2D eigenvalue weighted by Crippen LogP contribution is -2.13. The summed E-state index contributed by atoms with van der Waals surface area (Å²) in [5.41, 5.74) is 0.913. The van der Waals surface area contributed by atoms with E-state index in [-0.39, 0.29) is 34.6 Å². The van der Waals surface area contributed by atoms with E-state index in [0.29, 0.717) is 5.75 Å². The molecule has 4 rings (SSSR count). The third-order valence-corrected chi connectivity index (χ3v) is 6.12. The molecule has 0 spiro atoms. The number of furan rings is 1. The lowest BCUT2D eigenvalue weighted by molar-refractivity contribution is 0.0994. The van der Waals surface area contributed by atoms with Crippen molar-refractivity contribution in [1.29, 1.82) is 0 Å². The molecule has 9 heteroatoms. The number of sulfone groups is 1. The summed E-state index contributed by atoms with van der Waals surface area (Å²) >= 11 is 0. The summed E-state index contributed by atoms with van der Waals surface area (Å²) in [5.74, 6) is -0.185. The minimum absolute atomic E-state index is 0.0333. The number of benzene rings is 1. The molecule has 32 heavy (non-hydrogen) atoms. The summed E-state index contributed by atoms with van der Waals surface area (Å²) in [6.45, 7) is 0.277. The van der Waals surface area contributed by atoms with Crippen LogP contribution in [0.25, 0.3) is 0 Å². The Morgan fingerprint density at radius 2 is 1.72 bits per heavy atom. The number of ether oxygens (including phenoxy) is 1. The normalized spacial score (nSPS) is 11.1. The lowest BCUT2D eigenvalue weighted by atomic mass is 10.3. The third-order valence-electron chi connectivity index (χ3n) is 4.47. The van der Waals surface area contributed by atoms with Crippen molar-refractivity contribution >= 4 is 21.6 Å². The molecule has 0 aliphatic carbocycles. The monoisotopic (exact) mass is 449 g/mol. The summed E-state index contributed by atoms with van der Waals surface area (Å²) in [7, 11) is -3.59. The molecular formula is C23H19N3O5S. The number of carbonyl (C=O) groups excluding carboxylic acids is 1. The Labute approximate surface area is 184 Å². The van der Waals surface area contributed by atoms with E-state index in [1.807, 2.05) is 12.1 Å². The molecule has 0 fully saturated rings. The van der Waals surface area contributed by atoms with Crippen molar-refractivity contribution in [2.75, 3.05) is 5.32 Å². The molecule has 1 aromatic carbocycles. The average Bonchev–Trinajstić information content (AvgIpc) is 3.28. The maximum atomic E-state index is 12.6. The highest BCUT2D eigenvalue weighted by molar-refractivity contribution is 7.90. The Kier molecular flexibility index (Phi) is 6.27. The topological polar surface area (TPSA) is 111 Å². The van der Waals surface area contributed by atoms with E-state index in [1.165, 1.54) is 30.5 Å². The first-order chi connectivity index (χ1) is 15.5. The van der Waals surface area contributed by atoms with Gasteiger partial charge in [-0.3, -0.25) is 9.78 Å². The van der Waals surface area contributed by atoms with Gasteiger partial charge >= 0.3 is 0 Å². The van der Waals surface area contributed by atoms with Crippen LogP contribution in [0.5, 0.6) is 5.75 Å². The van der Waals surface area contributed by atoms with Gasteiger partial charge in [0.15, 0.2) is 27.2 Å². The van der Waals surface area contributed by atoms with Gasteiger partial charge in [-0.05, 0) is 54.1 Å². The molecule has 162 valence electrons. The van der Waals surface area contributed by atoms with Gasteiger partial charge in [-0.25, -0.2) is 13.4 Å². The zero-order chi connectivity index (χ0) is 22.4. The maximum Gasteiger partial charge on any atom is 0.292 e. The van der Waals surface area contributed by atoms with Crippen molar-refractivity contribution in [2.24, 2.45) is 0 Å². The zero-order valence-electron chi connectivity index (χ0n) is 16.8. The molecule has 0 saturated carbocycles. The number of hydrogen-bond acceptors (Lipinski definition) is 7. The molecule has 0 saturated heterocycles. The lowest BCUT2D eigenvalue weighted by Gasteiger charge is -2.10. The predicted octanol–water partition coefficient (Wildman–Crippen LogP) is 3.87. The SMILES string of the molecule is O=C(Nc1ncccc1OCc1ccncc1)c1ccc(CS(=O)(=O)c2ccccc2)o1. The molecule has 0 unspecified atom stereocenters. The number of anilines is 1. The highest BCUT2D eigenvalue weighted by Crippen LogP contribution is 2.24. The first-order valence-electron chi connectivity index (χ1n) is 9.66. The van der Waals surface area contributed by atoms with E-state index in [9.17, 15) is 13.2 Å². The van der Waals surface area contributed by atoms with Crippen LogP contribution in [0.3, 0.4) is 0 Å². The van der Waals surface area contributed by atoms with Crippen LogP contribution in [0.4, 0.5) is 5.82 Å². The second-order valence-electron chi connectivity index (χ2n) is 6.79. The van der Waals surface area contributed by atoms with Gasteiger partial charge in [0.05, 0.1) is 4.90 Å². The van der Waals surface area contributed by atoms with Gasteiger partial charge in [0.2, 0.25) is 0 Å². The van der Waals surface area contributed by atoms with E-state index in [2.05, 4.69) is 15.3 Å². The molecule has 4 aromatic rings. The Hall–Kier alpha value is -3.98. The number of amides is 1. The number of hydrogen-bond donors (Lipinski definition) is 1. The highest BCUT2D eigenvalue weighted by atomic mass is 32.2. The van der Waals surface area contributed by atoms with Crippen molar-refractivity contribution < 1.29 is 22.4 Å². The van der Waals surface area contributed by atoms with Crippen LogP contribution in [0, 0.1) is 0 Å². The summed E-state index contributed by atoms with van der Waals surface area (Å²) < 4.78 is 36.3. The number of pyridine rings is 2. The van der Waals surface area contributed by atoms with Crippen molar-refractivity contribution in [2.45, 2.75) is 17.3 Å². The number of rotatable bonds is 8. The molecule has 1 amide bonds. The van der Waals surface area contributed by atoms with Crippen LogP contribution in [-0.2, 0) is 22.2 Å². The van der Waals surface area contributed by atoms with Gasteiger partial charge in [0.25, 0.3) is 5.91 Å². The van der Waals surface area contributed by atoms with Gasteiger partial charge in [-0.1, -0.05) is 18.2 Å². The van der Waals surface area contributed by atoms with E-state index in [1.54, 1.807) is 42.7 Å². The van der Waals surface area contributed by atoms with Crippen LogP contribution in [0.1, 0.15) is 21.9 Å². The van der Waals surface area contributed by atoms with Crippen LogP contribution in [0.15, 0.2) is 94.6 Å². The van der Waals surface area contributed by atoms with Crippen molar-refractivity contribution in [3.05, 3.63) is 102 Å². The fourth-order valence-electron chi connectivity index (χ4n) is 2.89. The second kappa shape index (κ2) is 9.44. The minimum Gasteiger partial charge on any atom is -0.485 e. The first-order valence-corrected chi connectivity index (χ1v) is 11.3. The first kappa shape index (κ1) is 21.3. The Morgan fingerprint density at radius 1 is 0.938 bits per heavy atom. The molecular weight excluding hydrogens is 430 g/mol. The van der Waals surface area contributed by atoms with Crippen molar-refractivity contribution in [1.82, 2.24) is 9.97 Å². The molecule has 3 heterocycles. The van der Waals surface area contributed by atoms with E-state index < -0.39 is 15.7 Å². The number of nitrogens with one attached hydrogen (secondary N) is 1. The fraction of sp³-hybridized carbons (Fsp3) is 0.0870. The summed E-state index contributed by atoms with van der Waals surface area (Å²) in [6, 6.07) is 18.0. The van der Waals surface area contributed by atoms with Gasteiger partial charge in [-0.15, -0.1) is 0 Å². The molecule has 1 N–H and O–H groups in total. The number of aromatic nitrogens is 2. The molecule has 0 aliphatic heterocycles. The largest absolute Gasteiger partial charge is 0.485 e. The van der Waals surface area contributed by atoms with E-state index in [0.717, 1.165) is 5.56 Å². The molecule has 8 nitrogen and oxygen atoms in total. The minimum atomic E-state index is -3.59. The van der Waals surface area contributed by atoms with Crippen LogP contribution in [-0.4, -0.2) is 24.3 Å². The summed E-state index contributed by atoms with van der Waals surface area (Å²) in [5, 5.41) is 2.64. The van der Waals surface area contributed by atoms with Crippen molar-refractivity contribution in [3.63, 3.8) is 0 Å². The summed E-state index contributed by atoms with van der Waals surface area (Å²) in [4.78, 5) is 20.9. The zero-order valence-corrected chi connectivity index (χ0v) is 17.7. The summed E-state index contributed by atoms with van der Waals surface area (Å²) in [6.07, 6.45) is 4.85. The molecule has 0 aliphatic rings. The standard InChI is InChI=1S/C23H19N3O5S/c27-23(21-9-8-18(31-21)16-32(28,29)19-5-2-1-3-6-19)26-22-20(7-4-12-25-22)30-15-17-10-13-24-14-11-17/h1-14H,15-16H2,(H,25,26,27). The second-order valence-corrected chi connectivity index (χ2v) is 8.78. The fourth-order valence-corrected chi connectivity index (χ4v) is 4.15. The molecule has 0 bridgehead atoms. The van der Waals surface area contributed by atoms with Crippen molar-refractivity contribution in [3.8, 4) is 5.75 Å². The highest BCUT2D eigenvalue weighted by Gasteiger charge is 2.20. The molecule has 0 atom stereocenters. The van der Waals surface area contributed by atoms with Gasteiger partial charge in [0.1, 0.15) is 18.1 Å². The van der Waals surface area contributed by atoms with Gasteiger partial charge in [0, 0.05) is 18.6 Å². The third kappa shape index (κ3) is 5.19. The van der Waals surface area contributed by atoms with Gasteiger partial charge in [-0.2, -0.15) is 0 Å². The quantitative estimate of drug-likeness (QED) is 0.434. The number of nitrogens with zero attached hydrogens (tertiary/aromatic N) is 2.